The van der Waals surface area contributed by atoms with Crippen LogP contribution in [0, 0.1) is 0 Å². The van der Waals surface area contributed by atoms with Gasteiger partial charge in [0.05, 0.1) is 26.8 Å². The summed E-state index contributed by atoms with van der Waals surface area (Å²) in [4.78, 5) is 27.1. The Morgan fingerprint density at radius 2 is 1.95 bits per heavy atom. The summed E-state index contributed by atoms with van der Waals surface area (Å²) < 4.78 is 14.5. The van der Waals surface area contributed by atoms with Crippen molar-refractivity contribution in [3.63, 3.8) is 0 Å². The van der Waals surface area contributed by atoms with Crippen LogP contribution >= 0.6 is 0 Å². The molecule has 0 spiro atoms. The third-order valence-electron chi connectivity index (χ3n) is 2.87. The molecule has 1 aliphatic rings. The monoisotopic (exact) mass is 304 g/mol. The van der Waals surface area contributed by atoms with Gasteiger partial charge in [-0.25, -0.2) is 14.6 Å². The van der Waals surface area contributed by atoms with Crippen LogP contribution in [-0.4, -0.2) is 45.2 Å². The summed E-state index contributed by atoms with van der Waals surface area (Å²) in [5.74, 6) is -0.721. The Balaban J connectivity index is 2.14. The molecule has 1 aromatic carbocycles. The molecule has 116 valence electrons. The molecule has 0 aliphatic carbocycles. The highest BCUT2D eigenvalue weighted by atomic mass is 16.5. The Morgan fingerprint density at radius 3 is 2.50 bits per heavy atom. The molecule has 0 atom stereocenters. The van der Waals surface area contributed by atoms with Crippen molar-refractivity contribution in [2.75, 3.05) is 32.7 Å². The van der Waals surface area contributed by atoms with Gasteiger partial charge in [0.25, 0.3) is 0 Å². The van der Waals surface area contributed by atoms with Gasteiger partial charge < -0.3 is 19.5 Å². The molecular weight excluding hydrogens is 288 g/mol. The molecule has 7 nitrogen and oxygen atoms in total. The van der Waals surface area contributed by atoms with E-state index in [4.69, 9.17) is 4.74 Å². The highest BCUT2D eigenvalue weighted by molar-refractivity contribution is 5.99. The van der Waals surface area contributed by atoms with Crippen molar-refractivity contribution in [2.45, 2.75) is 0 Å². The lowest BCUT2D eigenvalue weighted by atomic mass is 10.2. The fraction of sp³-hybridized carbons (Fsp3) is 0.267. The molecule has 7 heteroatoms. The molecule has 0 saturated carbocycles. The van der Waals surface area contributed by atoms with Gasteiger partial charge in [0.2, 0.25) is 5.90 Å². The van der Waals surface area contributed by atoms with Gasteiger partial charge in [-0.3, -0.25) is 0 Å². The number of benzene rings is 1. The summed E-state index contributed by atoms with van der Waals surface area (Å²) >= 11 is 0. The number of nitrogens with zero attached hydrogens (tertiary/aromatic N) is 1. The van der Waals surface area contributed by atoms with Gasteiger partial charge in [-0.2, -0.15) is 0 Å². The van der Waals surface area contributed by atoms with Crippen molar-refractivity contribution in [1.82, 2.24) is 0 Å². The predicted octanol–water partition coefficient (Wildman–Crippen LogP) is 1.11. The van der Waals surface area contributed by atoms with Gasteiger partial charge >= 0.3 is 11.9 Å². The number of aliphatic imine (C=N–C) groups is 1. The van der Waals surface area contributed by atoms with Gasteiger partial charge in [-0.1, -0.05) is 0 Å². The van der Waals surface area contributed by atoms with Crippen molar-refractivity contribution in [3.05, 3.63) is 41.6 Å². The lowest BCUT2D eigenvalue weighted by Crippen LogP contribution is -2.15. The van der Waals surface area contributed by atoms with E-state index in [1.54, 1.807) is 24.3 Å². The Morgan fingerprint density at radius 1 is 1.23 bits per heavy atom. The van der Waals surface area contributed by atoms with E-state index in [1.807, 2.05) is 0 Å². The van der Waals surface area contributed by atoms with Gasteiger partial charge in [-0.15, -0.1) is 0 Å². The number of hydrogen-bond acceptors (Lipinski definition) is 7. The van der Waals surface area contributed by atoms with E-state index in [1.165, 1.54) is 14.2 Å². The van der Waals surface area contributed by atoms with E-state index in [2.05, 4.69) is 19.8 Å². The zero-order chi connectivity index (χ0) is 15.9. The first-order chi connectivity index (χ1) is 10.6. The number of hydrogen-bond donors (Lipinski definition) is 1. The van der Waals surface area contributed by atoms with E-state index >= 15 is 0 Å². The van der Waals surface area contributed by atoms with Gasteiger partial charge in [0.15, 0.2) is 0 Å². The lowest BCUT2D eigenvalue weighted by molar-refractivity contribution is -0.138. The van der Waals surface area contributed by atoms with Crippen molar-refractivity contribution in [1.29, 1.82) is 0 Å². The maximum atomic E-state index is 11.6. The van der Waals surface area contributed by atoms with Crippen LogP contribution in [0.3, 0.4) is 0 Å². The normalized spacial score (nSPS) is 13.9. The molecule has 22 heavy (non-hydrogen) atoms. The van der Waals surface area contributed by atoms with Crippen LogP contribution in [0.4, 0.5) is 5.69 Å². The number of ether oxygens (including phenoxy) is 3. The smallest absolute Gasteiger partial charge is 0.354 e. The Bertz CT molecular complexity index is 619. The molecule has 0 unspecified atom stereocenters. The number of carbonyl (C=O) groups excluding carboxylic acids is 2. The third kappa shape index (κ3) is 3.85. The van der Waals surface area contributed by atoms with Crippen LogP contribution < -0.4 is 5.32 Å². The molecule has 1 aromatic rings. The van der Waals surface area contributed by atoms with E-state index in [0.717, 1.165) is 11.6 Å². The highest BCUT2D eigenvalue weighted by Crippen LogP contribution is 2.15. The molecule has 0 amide bonds. The maximum absolute atomic E-state index is 11.6. The number of rotatable bonds is 5. The fourth-order valence-corrected chi connectivity index (χ4v) is 1.79. The minimum atomic E-state index is -0.669. The van der Waals surface area contributed by atoms with Crippen LogP contribution in [0.2, 0.25) is 0 Å². The molecule has 0 saturated heterocycles. The van der Waals surface area contributed by atoms with E-state index in [0.29, 0.717) is 24.7 Å². The van der Waals surface area contributed by atoms with Crippen molar-refractivity contribution in [3.8, 4) is 0 Å². The minimum absolute atomic E-state index is 0.0171. The molecular formula is C15H16N2O5. The SMILES string of the molecule is COC(=O)/C=C(/Nc1ccc(C2=NCCO2)cc1)C(=O)OC. The van der Waals surface area contributed by atoms with Gasteiger partial charge in [0, 0.05) is 11.3 Å². The molecule has 1 N–H and O–H groups in total. The average molecular weight is 304 g/mol. The van der Waals surface area contributed by atoms with Crippen LogP contribution in [0.25, 0.3) is 0 Å². The summed E-state index contributed by atoms with van der Waals surface area (Å²) in [6.07, 6.45) is 1.03. The molecule has 0 aromatic heterocycles. The number of methoxy groups -OCH3 is 2. The Hall–Kier alpha value is -2.83. The number of carbonyl (C=O) groups is 2. The maximum Gasteiger partial charge on any atom is 0.354 e. The summed E-state index contributed by atoms with van der Waals surface area (Å²) in [6.45, 7) is 1.24. The van der Waals surface area contributed by atoms with Gasteiger partial charge in [0.1, 0.15) is 12.3 Å². The first-order valence-corrected chi connectivity index (χ1v) is 6.56. The average Bonchev–Trinajstić information content (AvgIpc) is 3.08. The fourth-order valence-electron chi connectivity index (χ4n) is 1.79. The second kappa shape index (κ2) is 7.26. The van der Waals surface area contributed by atoms with Crippen LogP contribution in [0.5, 0.6) is 0 Å². The minimum Gasteiger partial charge on any atom is -0.476 e. The first kappa shape index (κ1) is 15.6. The summed E-state index contributed by atoms with van der Waals surface area (Å²) in [7, 11) is 2.46. The Kier molecular flexibility index (Phi) is 5.13. The van der Waals surface area contributed by atoms with Crippen LogP contribution in [-0.2, 0) is 23.8 Å². The first-order valence-electron chi connectivity index (χ1n) is 6.56. The van der Waals surface area contributed by atoms with Crippen LogP contribution in [0.1, 0.15) is 5.56 Å². The number of esters is 2. The summed E-state index contributed by atoms with van der Waals surface area (Å²) in [6, 6.07) is 7.10. The van der Waals surface area contributed by atoms with Crippen molar-refractivity contribution < 1.29 is 23.8 Å². The zero-order valence-corrected chi connectivity index (χ0v) is 12.3. The predicted molar refractivity (Wildman–Crippen MR) is 79.5 cm³/mol. The third-order valence-corrected chi connectivity index (χ3v) is 2.87. The lowest BCUT2D eigenvalue weighted by Gasteiger charge is -2.09. The van der Waals surface area contributed by atoms with E-state index < -0.39 is 11.9 Å². The number of nitrogens with one attached hydrogen (secondary N) is 1. The zero-order valence-electron chi connectivity index (χ0n) is 12.3. The van der Waals surface area contributed by atoms with Gasteiger partial charge in [-0.05, 0) is 24.3 Å². The Labute approximate surface area is 127 Å². The molecule has 0 fully saturated rings. The van der Waals surface area contributed by atoms with E-state index in [9.17, 15) is 9.59 Å². The highest BCUT2D eigenvalue weighted by Gasteiger charge is 2.14. The number of anilines is 1. The molecule has 2 rings (SSSR count). The second-order valence-electron chi connectivity index (χ2n) is 4.31. The molecule has 0 radical (unpaired) electrons. The van der Waals surface area contributed by atoms with Crippen LogP contribution in [0.15, 0.2) is 41.0 Å². The second-order valence-corrected chi connectivity index (χ2v) is 4.31. The molecule has 0 bridgehead atoms. The van der Waals surface area contributed by atoms with E-state index in [-0.39, 0.29) is 5.70 Å². The summed E-state index contributed by atoms with van der Waals surface area (Å²) in [5.41, 5.74) is 1.44. The summed E-state index contributed by atoms with van der Waals surface area (Å²) in [5, 5.41) is 2.82. The molecule has 1 heterocycles. The quantitative estimate of drug-likeness (QED) is 0.647. The largest absolute Gasteiger partial charge is 0.476 e. The standard InChI is InChI=1S/C15H16N2O5/c1-20-13(18)9-12(15(19)21-2)17-11-5-3-10(4-6-11)14-16-7-8-22-14/h3-6,9,17H,7-8H2,1-2H3/b12-9+. The van der Waals surface area contributed by atoms with Crippen molar-refractivity contribution in [2.24, 2.45) is 4.99 Å². The molecule has 1 aliphatic heterocycles. The van der Waals surface area contributed by atoms with Crippen molar-refractivity contribution >= 4 is 23.5 Å². The topological polar surface area (TPSA) is 86.2 Å².